The molecule has 0 radical (unpaired) electrons. The molecule has 0 aromatic heterocycles. The van der Waals surface area contributed by atoms with Gasteiger partial charge in [0.15, 0.2) is 11.5 Å². The molecule has 1 aromatic rings. The lowest BCUT2D eigenvalue weighted by Crippen LogP contribution is -2.50. The highest BCUT2D eigenvalue weighted by Crippen LogP contribution is 2.36. The molecule has 0 N–H and O–H groups in total. The highest BCUT2D eigenvalue weighted by atomic mass is 35.5. The number of carbonyl (C=O) groups excluding carboxylic acids is 1. The average molecular weight is 437 g/mol. The molecular formula is C23H33ClN2O4. The summed E-state index contributed by atoms with van der Waals surface area (Å²) in [6.45, 7) is 10.2. The Hall–Kier alpha value is -1.76. The SMILES string of the molecule is CCOc1cc(/C=C/C(=O)N2CCC[C@@H]2CN2C[C@@H](C)O[C@@H](C)C2)cc(Cl)c1OC. The van der Waals surface area contributed by atoms with Crippen LogP contribution in [0, 0.1) is 0 Å². The first kappa shape index (κ1) is 22.9. The lowest BCUT2D eigenvalue weighted by molar-refractivity contribution is -0.127. The lowest BCUT2D eigenvalue weighted by atomic mass is 10.1. The molecular weight excluding hydrogens is 404 g/mol. The molecule has 3 rings (SSSR count). The van der Waals surface area contributed by atoms with E-state index in [-0.39, 0.29) is 24.2 Å². The van der Waals surface area contributed by atoms with E-state index in [9.17, 15) is 4.79 Å². The van der Waals surface area contributed by atoms with E-state index in [2.05, 4.69) is 18.7 Å². The van der Waals surface area contributed by atoms with Crippen LogP contribution in [0.4, 0.5) is 0 Å². The van der Waals surface area contributed by atoms with Gasteiger partial charge in [0.25, 0.3) is 0 Å². The van der Waals surface area contributed by atoms with Gasteiger partial charge in [-0.3, -0.25) is 9.69 Å². The molecule has 0 aliphatic carbocycles. The minimum absolute atomic E-state index is 0.0387. The first-order valence-corrected chi connectivity index (χ1v) is 11.2. The molecule has 2 heterocycles. The zero-order chi connectivity index (χ0) is 21.7. The van der Waals surface area contributed by atoms with Crippen molar-refractivity contribution in [2.45, 2.75) is 51.9 Å². The van der Waals surface area contributed by atoms with Gasteiger partial charge in [0, 0.05) is 38.3 Å². The van der Waals surface area contributed by atoms with Gasteiger partial charge in [-0.2, -0.15) is 0 Å². The van der Waals surface area contributed by atoms with Crippen LogP contribution in [0.3, 0.4) is 0 Å². The molecule has 2 aliphatic heterocycles. The zero-order valence-electron chi connectivity index (χ0n) is 18.4. The van der Waals surface area contributed by atoms with Crippen LogP contribution in [0.15, 0.2) is 18.2 Å². The number of likely N-dealkylation sites (tertiary alicyclic amines) is 1. The molecule has 1 aromatic carbocycles. The lowest BCUT2D eigenvalue weighted by Gasteiger charge is -2.38. The van der Waals surface area contributed by atoms with Gasteiger partial charge >= 0.3 is 0 Å². The molecule has 2 fully saturated rings. The van der Waals surface area contributed by atoms with Gasteiger partial charge in [-0.05, 0) is 57.4 Å². The van der Waals surface area contributed by atoms with E-state index < -0.39 is 0 Å². The van der Waals surface area contributed by atoms with Gasteiger partial charge < -0.3 is 19.1 Å². The van der Waals surface area contributed by atoms with E-state index in [1.165, 1.54) is 0 Å². The maximum Gasteiger partial charge on any atom is 0.246 e. The number of carbonyl (C=O) groups is 1. The Labute approximate surface area is 184 Å². The number of nitrogens with zero attached hydrogens (tertiary/aromatic N) is 2. The van der Waals surface area contributed by atoms with E-state index in [0.29, 0.717) is 23.1 Å². The van der Waals surface area contributed by atoms with Crippen LogP contribution in [0.25, 0.3) is 6.08 Å². The van der Waals surface area contributed by atoms with Crippen molar-refractivity contribution < 1.29 is 19.0 Å². The Morgan fingerprint density at radius 3 is 2.70 bits per heavy atom. The molecule has 30 heavy (non-hydrogen) atoms. The number of morpholine rings is 1. The van der Waals surface area contributed by atoms with Crippen molar-refractivity contribution in [1.82, 2.24) is 9.80 Å². The summed E-state index contributed by atoms with van der Waals surface area (Å²) in [5.74, 6) is 1.13. The predicted molar refractivity (Wildman–Crippen MR) is 119 cm³/mol. The van der Waals surface area contributed by atoms with E-state index in [1.807, 2.05) is 17.9 Å². The Bertz CT molecular complexity index is 760. The number of methoxy groups -OCH3 is 1. The van der Waals surface area contributed by atoms with E-state index in [4.69, 9.17) is 25.8 Å². The average Bonchev–Trinajstić information content (AvgIpc) is 3.13. The summed E-state index contributed by atoms with van der Waals surface area (Å²) in [4.78, 5) is 17.3. The van der Waals surface area contributed by atoms with Crippen LogP contribution < -0.4 is 9.47 Å². The molecule has 2 aliphatic rings. The van der Waals surface area contributed by atoms with Gasteiger partial charge in [0.1, 0.15) is 0 Å². The molecule has 166 valence electrons. The number of benzene rings is 1. The van der Waals surface area contributed by atoms with Crippen LogP contribution >= 0.6 is 11.6 Å². The molecule has 7 heteroatoms. The minimum atomic E-state index is 0.0387. The Morgan fingerprint density at radius 2 is 2.03 bits per heavy atom. The summed E-state index contributed by atoms with van der Waals surface area (Å²) >= 11 is 6.32. The van der Waals surface area contributed by atoms with E-state index >= 15 is 0 Å². The van der Waals surface area contributed by atoms with Gasteiger partial charge in [-0.25, -0.2) is 0 Å². The number of amides is 1. The van der Waals surface area contributed by atoms with E-state index in [1.54, 1.807) is 25.3 Å². The number of hydrogen-bond acceptors (Lipinski definition) is 5. The van der Waals surface area contributed by atoms with Crippen LogP contribution in [-0.2, 0) is 9.53 Å². The third kappa shape index (κ3) is 5.68. The second-order valence-electron chi connectivity index (χ2n) is 8.10. The highest BCUT2D eigenvalue weighted by Gasteiger charge is 2.31. The fraction of sp³-hybridized carbons (Fsp3) is 0.609. The molecule has 0 unspecified atom stereocenters. The largest absolute Gasteiger partial charge is 0.491 e. The maximum absolute atomic E-state index is 12.9. The van der Waals surface area contributed by atoms with Crippen molar-refractivity contribution in [1.29, 1.82) is 0 Å². The summed E-state index contributed by atoms with van der Waals surface area (Å²) < 4.78 is 16.8. The third-order valence-corrected chi connectivity index (χ3v) is 5.86. The molecule has 2 saturated heterocycles. The summed E-state index contributed by atoms with van der Waals surface area (Å²) in [5.41, 5.74) is 0.809. The fourth-order valence-corrected chi connectivity index (χ4v) is 4.75. The predicted octanol–water partition coefficient (Wildman–Crippen LogP) is 3.86. The first-order chi connectivity index (χ1) is 14.4. The van der Waals surface area contributed by atoms with Crippen molar-refractivity contribution in [3.05, 3.63) is 28.8 Å². The van der Waals surface area contributed by atoms with Gasteiger partial charge in [0.05, 0.1) is 30.9 Å². The van der Waals surface area contributed by atoms with Crippen molar-refractivity contribution in [2.75, 3.05) is 39.9 Å². The van der Waals surface area contributed by atoms with Gasteiger partial charge in [-0.1, -0.05) is 11.6 Å². The molecule has 0 saturated carbocycles. The van der Waals surface area contributed by atoms with Crippen molar-refractivity contribution in [2.24, 2.45) is 0 Å². The van der Waals surface area contributed by atoms with Crippen LogP contribution in [0.1, 0.15) is 39.2 Å². The fourth-order valence-electron chi connectivity index (χ4n) is 4.46. The number of hydrogen-bond donors (Lipinski definition) is 0. The summed E-state index contributed by atoms with van der Waals surface area (Å²) in [5, 5.41) is 0.463. The molecule has 0 bridgehead atoms. The second kappa shape index (κ2) is 10.5. The summed E-state index contributed by atoms with van der Waals surface area (Å²) in [7, 11) is 1.56. The number of ether oxygens (including phenoxy) is 3. The monoisotopic (exact) mass is 436 g/mol. The molecule has 3 atom stereocenters. The Morgan fingerprint density at radius 1 is 1.30 bits per heavy atom. The van der Waals surface area contributed by atoms with Crippen LogP contribution in [0.2, 0.25) is 5.02 Å². The van der Waals surface area contributed by atoms with Crippen LogP contribution in [-0.4, -0.2) is 73.9 Å². The van der Waals surface area contributed by atoms with Crippen molar-refractivity contribution in [3.8, 4) is 11.5 Å². The summed E-state index contributed by atoms with van der Waals surface area (Å²) in [6.07, 6.45) is 5.99. The first-order valence-electron chi connectivity index (χ1n) is 10.8. The number of rotatable bonds is 7. The quantitative estimate of drug-likeness (QED) is 0.607. The normalized spacial score (nSPS) is 25.1. The highest BCUT2D eigenvalue weighted by molar-refractivity contribution is 6.32. The van der Waals surface area contributed by atoms with Crippen LogP contribution in [0.5, 0.6) is 11.5 Å². The van der Waals surface area contributed by atoms with E-state index in [0.717, 1.165) is 44.6 Å². The van der Waals surface area contributed by atoms with Gasteiger partial charge in [0.2, 0.25) is 5.91 Å². The number of halogens is 1. The molecule has 0 spiro atoms. The third-order valence-electron chi connectivity index (χ3n) is 5.58. The molecule has 6 nitrogen and oxygen atoms in total. The second-order valence-corrected chi connectivity index (χ2v) is 8.51. The standard InChI is InChI=1S/C23H33ClN2O4/c1-5-29-21-12-18(11-20(24)23(21)28-4)8-9-22(27)26-10-6-7-19(26)15-25-13-16(2)30-17(3)14-25/h8-9,11-12,16-17,19H,5-7,10,13-15H2,1-4H3/b9-8+/t16-,17+,19-/m1/s1. The smallest absolute Gasteiger partial charge is 0.246 e. The maximum atomic E-state index is 12.9. The van der Waals surface area contributed by atoms with Crippen molar-refractivity contribution >= 4 is 23.6 Å². The Balaban J connectivity index is 1.66. The Kier molecular flexibility index (Phi) is 8.03. The topological polar surface area (TPSA) is 51.2 Å². The minimum Gasteiger partial charge on any atom is -0.491 e. The summed E-state index contributed by atoms with van der Waals surface area (Å²) in [6, 6.07) is 3.87. The van der Waals surface area contributed by atoms with Crippen molar-refractivity contribution in [3.63, 3.8) is 0 Å². The zero-order valence-corrected chi connectivity index (χ0v) is 19.2. The van der Waals surface area contributed by atoms with Gasteiger partial charge in [-0.15, -0.1) is 0 Å². The molecule has 1 amide bonds.